The number of thiazole rings is 1. The Hall–Kier alpha value is -3.45. The van der Waals surface area contributed by atoms with Gasteiger partial charge in [0, 0.05) is 11.6 Å². The van der Waals surface area contributed by atoms with E-state index in [4.69, 9.17) is 4.74 Å². The molecule has 1 saturated carbocycles. The first-order valence-electron chi connectivity index (χ1n) is 12.0. The molecule has 180 valence electrons. The predicted molar refractivity (Wildman–Crippen MR) is 136 cm³/mol. The van der Waals surface area contributed by atoms with Crippen molar-refractivity contribution in [3.63, 3.8) is 0 Å². The molecule has 1 fully saturated rings. The van der Waals surface area contributed by atoms with Gasteiger partial charge in [-0.25, -0.2) is 4.98 Å². The summed E-state index contributed by atoms with van der Waals surface area (Å²) < 4.78 is 5.31. The molecule has 0 bridgehead atoms. The summed E-state index contributed by atoms with van der Waals surface area (Å²) in [6, 6.07) is 16.4. The number of ether oxygens (including phenoxy) is 1. The van der Waals surface area contributed by atoms with Gasteiger partial charge in [0.05, 0.1) is 29.3 Å². The monoisotopic (exact) mass is 488 g/mol. The predicted octanol–water partition coefficient (Wildman–Crippen LogP) is 6.04. The number of hydrogen-bond acceptors (Lipinski definition) is 6. The third-order valence-electron chi connectivity index (χ3n) is 6.91. The summed E-state index contributed by atoms with van der Waals surface area (Å²) in [5.74, 6) is -0.566. The van der Waals surface area contributed by atoms with Gasteiger partial charge in [-0.2, -0.15) is 0 Å². The van der Waals surface area contributed by atoms with Crippen LogP contribution in [0.25, 0.3) is 10.6 Å². The Morgan fingerprint density at radius 1 is 1.06 bits per heavy atom. The van der Waals surface area contributed by atoms with Gasteiger partial charge >= 0.3 is 0 Å². The number of amides is 1. The lowest BCUT2D eigenvalue weighted by molar-refractivity contribution is -0.132. The van der Waals surface area contributed by atoms with E-state index < -0.39 is 17.7 Å². The molecule has 0 spiro atoms. The first kappa shape index (κ1) is 23.3. The quantitative estimate of drug-likeness (QED) is 0.428. The number of aryl methyl sites for hydroxylation is 1. The third kappa shape index (κ3) is 4.25. The maximum Gasteiger partial charge on any atom is 0.290 e. The van der Waals surface area contributed by atoms with Gasteiger partial charge < -0.3 is 14.7 Å². The molecule has 1 aliphatic carbocycles. The second-order valence-electron chi connectivity index (χ2n) is 9.07. The molecule has 6 nitrogen and oxygen atoms in total. The minimum Gasteiger partial charge on any atom is -0.503 e. The van der Waals surface area contributed by atoms with Crippen LogP contribution in [0, 0.1) is 6.92 Å². The van der Waals surface area contributed by atoms with Crippen molar-refractivity contribution < 1.29 is 19.4 Å². The maximum atomic E-state index is 14.0. The first-order valence-corrected chi connectivity index (χ1v) is 12.8. The number of rotatable bonds is 6. The molecule has 2 heterocycles. The summed E-state index contributed by atoms with van der Waals surface area (Å²) in [4.78, 5) is 34.2. The number of aliphatic hydroxyl groups is 1. The van der Waals surface area contributed by atoms with E-state index in [2.05, 4.69) is 4.98 Å². The average molecular weight is 489 g/mol. The molecule has 1 amide bonds. The zero-order chi connectivity index (χ0) is 24.5. The average Bonchev–Trinajstić information content (AvgIpc) is 3.42. The van der Waals surface area contributed by atoms with Gasteiger partial charge in [0.1, 0.15) is 10.8 Å². The van der Waals surface area contributed by atoms with Crippen LogP contribution in [0.1, 0.15) is 59.1 Å². The molecule has 1 unspecified atom stereocenters. The second-order valence-corrected chi connectivity index (χ2v) is 10.1. The third-order valence-corrected chi connectivity index (χ3v) is 8.12. The van der Waals surface area contributed by atoms with E-state index >= 15 is 0 Å². The van der Waals surface area contributed by atoms with E-state index in [0.29, 0.717) is 16.3 Å². The molecule has 0 radical (unpaired) electrons. The number of ketones is 1. The van der Waals surface area contributed by atoms with Gasteiger partial charge in [0.25, 0.3) is 5.91 Å². The molecular formula is C28H28N2O4S. The Balaban J connectivity index is 1.58. The minimum atomic E-state index is -0.648. The summed E-state index contributed by atoms with van der Waals surface area (Å²) in [5, 5.41) is 11.8. The van der Waals surface area contributed by atoms with Gasteiger partial charge in [-0.3, -0.25) is 9.59 Å². The number of methoxy groups -OCH3 is 1. The number of carbonyl (C=O) groups is 2. The smallest absolute Gasteiger partial charge is 0.290 e. The highest BCUT2D eigenvalue weighted by Gasteiger charge is 2.47. The summed E-state index contributed by atoms with van der Waals surface area (Å²) in [6.07, 6.45) is 4.93. The standard InChI is InChI=1S/C28H28N2O4S/c1-17-26(35-27(29-17)19-9-5-3-6-10-19)24(31)22-23(18-13-15-21(34-2)16-14-18)30(28(33)25(22)32)20-11-7-4-8-12-20/h3,5-6,9-10,13-16,20,23,32H,4,7-8,11-12H2,1-2H3. The van der Waals surface area contributed by atoms with Gasteiger partial charge in [0.2, 0.25) is 5.78 Å². The van der Waals surface area contributed by atoms with Crippen LogP contribution in [0.2, 0.25) is 0 Å². The SMILES string of the molecule is COc1ccc(C2C(C(=O)c3sc(-c4ccccc4)nc3C)=C(O)C(=O)N2C2CCCCC2)cc1. The second kappa shape index (κ2) is 9.66. The number of benzene rings is 2. The molecule has 5 rings (SSSR count). The fourth-order valence-electron chi connectivity index (χ4n) is 5.14. The van der Waals surface area contributed by atoms with Crippen LogP contribution in [0.5, 0.6) is 5.75 Å². The van der Waals surface area contributed by atoms with Crippen molar-refractivity contribution in [2.45, 2.75) is 51.1 Å². The zero-order valence-corrected chi connectivity index (χ0v) is 20.7. The van der Waals surface area contributed by atoms with E-state index in [1.165, 1.54) is 11.3 Å². The molecule has 1 aromatic heterocycles. The number of carbonyl (C=O) groups excluding carboxylic acids is 2. The molecule has 3 aromatic rings. The lowest BCUT2D eigenvalue weighted by atomic mass is 9.90. The summed E-state index contributed by atoms with van der Waals surface area (Å²) in [6.45, 7) is 1.80. The van der Waals surface area contributed by atoms with Crippen LogP contribution in [0.15, 0.2) is 65.9 Å². The Morgan fingerprint density at radius 3 is 2.40 bits per heavy atom. The van der Waals surface area contributed by atoms with E-state index in [1.807, 2.05) is 54.6 Å². The highest BCUT2D eigenvalue weighted by atomic mass is 32.1. The summed E-state index contributed by atoms with van der Waals surface area (Å²) in [7, 11) is 1.60. The Bertz CT molecular complexity index is 1270. The van der Waals surface area contributed by atoms with Crippen LogP contribution in [-0.4, -0.2) is 39.8 Å². The van der Waals surface area contributed by atoms with E-state index in [-0.39, 0.29) is 17.4 Å². The van der Waals surface area contributed by atoms with Gasteiger partial charge in [-0.1, -0.05) is 61.7 Å². The van der Waals surface area contributed by atoms with Crippen molar-refractivity contribution in [2.75, 3.05) is 7.11 Å². The van der Waals surface area contributed by atoms with Crippen LogP contribution < -0.4 is 4.74 Å². The van der Waals surface area contributed by atoms with E-state index in [9.17, 15) is 14.7 Å². The number of Topliss-reactive ketones (excluding diaryl/α,β-unsaturated/α-hetero) is 1. The highest BCUT2D eigenvalue weighted by Crippen LogP contribution is 2.44. The molecule has 7 heteroatoms. The summed E-state index contributed by atoms with van der Waals surface area (Å²) >= 11 is 1.30. The fraction of sp³-hybridized carbons (Fsp3) is 0.321. The molecule has 0 saturated heterocycles. The Labute approximate surface area is 208 Å². The van der Waals surface area contributed by atoms with Crippen LogP contribution >= 0.6 is 11.3 Å². The van der Waals surface area contributed by atoms with Crippen LogP contribution in [0.3, 0.4) is 0 Å². The molecule has 2 aliphatic rings. The van der Waals surface area contributed by atoms with Crippen molar-refractivity contribution in [3.8, 4) is 16.3 Å². The number of aromatic nitrogens is 1. The van der Waals surface area contributed by atoms with Crippen molar-refractivity contribution in [2.24, 2.45) is 0 Å². The van der Waals surface area contributed by atoms with E-state index in [0.717, 1.165) is 48.2 Å². The van der Waals surface area contributed by atoms with Gasteiger partial charge in [-0.15, -0.1) is 11.3 Å². The highest BCUT2D eigenvalue weighted by molar-refractivity contribution is 7.17. The van der Waals surface area contributed by atoms with Crippen molar-refractivity contribution in [1.29, 1.82) is 0 Å². The van der Waals surface area contributed by atoms with Gasteiger partial charge in [-0.05, 0) is 37.5 Å². The summed E-state index contributed by atoms with van der Waals surface area (Å²) in [5.41, 5.74) is 2.44. The van der Waals surface area contributed by atoms with Crippen molar-refractivity contribution in [3.05, 3.63) is 82.1 Å². The molecule has 1 aliphatic heterocycles. The van der Waals surface area contributed by atoms with E-state index in [1.54, 1.807) is 18.9 Å². The Kier molecular flexibility index (Phi) is 6.43. The lowest BCUT2D eigenvalue weighted by Gasteiger charge is -2.36. The lowest BCUT2D eigenvalue weighted by Crippen LogP contribution is -2.41. The topological polar surface area (TPSA) is 79.7 Å². The number of hydrogen-bond donors (Lipinski definition) is 1. The maximum absolute atomic E-state index is 14.0. The number of nitrogens with zero attached hydrogens (tertiary/aromatic N) is 2. The van der Waals surface area contributed by atoms with Crippen LogP contribution in [-0.2, 0) is 4.79 Å². The van der Waals surface area contributed by atoms with Gasteiger partial charge in [0.15, 0.2) is 5.76 Å². The molecule has 1 atom stereocenters. The zero-order valence-electron chi connectivity index (χ0n) is 19.9. The molecular weight excluding hydrogens is 460 g/mol. The molecule has 1 N–H and O–H groups in total. The van der Waals surface area contributed by atoms with Crippen molar-refractivity contribution in [1.82, 2.24) is 9.88 Å². The fourth-order valence-corrected chi connectivity index (χ4v) is 6.16. The Morgan fingerprint density at radius 2 is 1.74 bits per heavy atom. The minimum absolute atomic E-state index is 0.0155. The van der Waals surface area contributed by atoms with Crippen LogP contribution in [0.4, 0.5) is 0 Å². The van der Waals surface area contributed by atoms with Crippen molar-refractivity contribution >= 4 is 23.0 Å². The first-order chi connectivity index (χ1) is 17.0. The molecule has 35 heavy (non-hydrogen) atoms. The largest absolute Gasteiger partial charge is 0.503 e. The molecule has 2 aromatic carbocycles. The normalized spacial score (nSPS) is 18.9. The number of aliphatic hydroxyl groups excluding tert-OH is 1.